The van der Waals surface area contributed by atoms with Crippen LogP contribution in [0.1, 0.15) is 12.8 Å². The maximum absolute atomic E-state index is 12.3. The highest BCUT2D eigenvalue weighted by atomic mass is 35.5. The molecule has 20 heavy (non-hydrogen) atoms. The van der Waals surface area contributed by atoms with E-state index in [-0.39, 0.29) is 24.5 Å². The number of thiophene rings is 1. The third-order valence-corrected chi connectivity index (χ3v) is 4.74. The van der Waals surface area contributed by atoms with Gasteiger partial charge in [-0.15, -0.1) is 23.7 Å². The Morgan fingerprint density at radius 2 is 2.20 bits per heavy atom. The summed E-state index contributed by atoms with van der Waals surface area (Å²) in [5.74, 6) is 0. The Hall–Kier alpha value is -0.660. The lowest BCUT2D eigenvalue weighted by Gasteiger charge is -2.32. The summed E-state index contributed by atoms with van der Waals surface area (Å²) < 4.78 is 2.01. The predicted molar refractivity (Wildman–Crippen MR) is 83.2 cm³/mol. The molecule has 3 rings (SSSR count). The Morgan fingerprint density at radius 1 is 1.50 bits per heavy atom. The molecule has 0 unspecified atom stereocenters. The topological polar surface area (TPSA) is 67.2 Å². The molecule has 2 aromatic rings. The smallest absolute Gasteiger partial charge is 0.262 e. The number of halogens is 2. The van der Waals surface area contributed by atoms with Gasteiger partial charge in [-0.1, -0.05) is 11.6 Å². The Balaban J connectivity index is 0.00000147. The van der Waals surface area contributed by atoms with Crippen molar-refractivity contribution in [1.82, 2.24) is 14.9 Å². The van der Waals surface area contributed by atoms with E-state index in [1.54, 1.807) is 5.38 Å². The van der Waals surface area contributed by atoms with Crippen molar-refractivity contribution in [2.45, 2.75) is 25.0 Å². The zero-order valence-electron chi connectivity index (χ0n) is 10.6. The molecule has 0 spiro atoms. The molecular formula is C12H15Cl2N3O2S. The molecule has 1 fully saturated rings. The molecule has 0 saturated carbocycles. The van der Waals surface area contributed by atoms with Gasteiger partial charge in [-0.2, -0.15) is 0 Å². The average Bonchev–Trinajstić information content (AvgIpc) is 2.76. The lowest BCUT2D eigenvalue weighted by atomic mass is 9.92. The van der Waals surface area contributed by atoms with Crippen molar-refractivity contribution < 1.29 is 5.11 Å². The van der Waals surface area contributed by atoms with Gasteiger partial charge >= 0.3 is 0 Å². The number of nitrogens with zero attached hydrogens (tertiary/aromatic N) is 2. The summed E-state index contributed by atoms with van der Waals surface area (Å²) in [5.41, 5.74) is -0.421. The monoisotopic (exact) mass is 335 g/mol. The largest absolute Gasteiger partial charge is 0.388 e. The Morgan fingerprint density at radius 3 is 2.90 bits per heavy atom. The first-order valence-corrected chi connectivity index (χ1v) is 7.40. The van der Waals surface area contributed by atoms with Crippen LogP contribution in [0, 0.1) is 0 Å². The molecule has 3 heterocycles. The van der Waals surface area contributed by atoms with E-state index >= 15 is 0 Å². The van der Waals surface area contributed by atoms with E-state index in [2.05, 4.69) is 10.3 Å². The average molecular weight is 336 g/mol. The van der Waals surface area contributed by atoms with Crippen LogP contribution in [0.5, 0.6) is 0 Å². The molecule has 0 bridgehead atoms. The summed E-state index contributed by atoms with van der Waals surface area (Å²) in [6, 6.07) is 0. The van der Waals surface area contributed by atoms with Gasteiger partial charge in [0.05, 0.1) is 23.9 Å². The fraction of sp³-hybridized carbons (Fsp3) is 0.500. The highest BCUT2D eigenvalue weighted by molar-refractivity contribution is 7.16. The summed E-state index contributed by atoms with van der Waals surface area (Å²) in [4.78, 5) is 16.5. The van der Waals surface area contributed by atoms with Crippen molar-refractivity contribution in [1.29, 1.82) is 0 Å². The van der Waals surface area contributed by atoms with Crippen LogP contribution in [0.2, 0.25) is 4.34 Å². The lowest BCUT2D eigenvalue weighted by molar-refractivity contribution is -0.00627. The molecule has 0 atom stereocenters. The van der Waals surface area contributed by atoms with Crippen molar-refractivity contribution in [2.24, 2.45) is 0 Å². The molecule has 1 saturated heterocycles. The van der Waals surface area contributed by atoms with Crippen molar-refractivity contribution in [2.75, 3.05) is 13.1 Å². The van der Waals surface area contributed by atoms with E-state index in [9.17, 15) is 9.90 Å². The molecule has 0 amide bonds. The normalized spacial score (nSPS) is 17.9. The van der Waals surface area contributed by atoms with Gasteiger partial charge in [0, 0.05) is 5.38 Å². The zero-order valence-corrected chi connectivity index (χ0v) is 13.0. The first-order chi connectivity index (χ1) is 9.09. The maximum Gasteiger partial charge on any atom is 0.262 e. The van der Waals surface area contributed by atoms with Crippen LogP contribution in [0.25, 0.3) is 10.9 Å². The number of hydrogen-bond acceptors (Lipinski definition) is 5. The van der Waals surface area contributed by atoms with Crippen molar-refractivity contribution in [3.05, 3.63) is 26.4 Å². The third kappa shape index (κ3) is 2.84. The fourth-order valence-corrected chi connectivity index (χ4v) is 3.41. The van der Waals surface area contributed by atoms with E-state index < -0.39 is 5.60 Å². The second-order valence-corrected chi connectivity index (χ2v) is 6.41. The second-order valence-electron chi connectivity index (χ2n) is 4.92. The predicted octanol–water partition coefficient (Wildman–Crippen LogP) is 1.65. The van der Waals surface area contributed by atoms with Crippen LogP contribution >= 0.6 is 35.3 Å². The van der Waals surface area contributed by atoms with Crippen LogP contribution in [0.4, 0.5) is 0 Å². The number of rotatable bonds is 2. The zero-order chi connectivity index (χ0) is 13.5. The summed E-state index contributed by atoms with van der Waals surface area (Å²) in [5, 5.41) is 15.9. The Bertz CT molecular complexity index is 664. The minimum absolute atomic E-state index is 0. The number of nitrogens with one attached hydrogen (secondary N) is 1. The highest BCUT2D eigenvalue weighted by Crippen LogP contribution is 2.26. The number of hydrogen-bond donors (Lipinski definition) is 2. The first kappa shape index (κ1) is 15.7. The quantitative estimate of drug-likeness (QED) is 0.875. The molecule has 1 aliphatic rings. The Kier molecular flexibility index (Phi) is 4.71. The van der Waals surface area contributed by atoms with Crippen LogP contribution in [0.3, 0.4) is 0 Å². The summed E-state index contributed by atoms with van der Waals surface area (Å²) in [6.07, 6.45) is 2.76. The van der Waals surface area contributed by atoms with Gasteiger partial charge < -0.3 is 10.4 Å². The second kappa shape index (κ2) is 5.99. The number of piperidine rings is 1. The van der Waals surface area contributed by atoms with Gasteiger partial charge in [-0.3, -0.25) is 9.36 Å². The van der Waals surface area contributed by atoms with Gasteiger partial charge in [0.2, 0.25) is 0 Å². The van der Waals surface area contributed by atoms with Crippen molar-refractivity contribution in [3.63, 3.8) is 0 Å². The molecule has 1 aliphatic heterocycles. The van der Waals surface area contributed by atoms with Crippen LogP contribution < -0.4 is 10.9 Å². The van der Waals surface area contributed by atoms with Gasteiger partial charge in [0.15, 0.2) is 0 Å². The van der Waals surface area contributed by atoms with E-state index in [4.69, 9.17) is 11.6 Å². The molecule has 110 valence electrons. The molecule has 0 radical (unpaired) electrons. The minimum Gasteiger partial charge on any atom is -0.388 e. The minimum atomic E-state index is -0.829. The molecule has 2 aromatic heterocycles. The fourth-order valence-electron chi connectivity index (χ4n) is 2.41. The van der Waals surface area contributed by atoms with Gasteiger partial charge in [-0.25, -0.2) is 4.98 Å². The van der Waals surface area contributed by atoms with Gasteiger partial charge in [-0.05, 0) is 25.9 Å². The third-order valence-electron chi connectivity index (χ3n) is 3.54. The number of aromatic nitrogens is 2. The summed E-state index contributed by atoms with van der Waals surface area (Å²) in [7, 11) is 0. The summed E-state index contributed by atoms with van der Waals surface area (Å²) >= 11 is 7.27. The van der Waals surface area contributed by atoms with Crippen LogP contribution in [-0.4, -0.2) is 33.3 Å². The van der Waals surface area contributed by atoms with E-state index in [1.807, 2.05) is 0 Å². The molecule has 0 aliphatic carbocycles. The molecule has 8 heteroatoms. The lowest BCUT2D eigenvalue weighted by Crippen LogP contribution is -2.46. The number of fused-ring (bicyclic) bond motifs is 1. The van der Waals surface area contributed by atoms with Crippen LogP contribution in [0.15, 0.2) is 16.5 Å². The first-order valence-electron chi connectivity index (χ1n) is 6.14. The Labute approximate surface area is 131 Å². The maximum atomic E-state index is 12.3. The SMILES string of the molecule is Cl.O=c1c2csc(Cl)c2ncn1CC1(O)CCNCC1. The van der Waals surface area contributed by atoms with E-state index in [1.165, 1.54) is 22.2 Å². The molecular weight excluding hydrogens is 321 g/mol. The number of aliphatic hydroxyl groups is 1. The van der Waals surface area contributed by atoms with Gasteiger partial charge in [0.25, 0.3) is 5.56 Å². The molecule has 0 aromatic carbocycles. The standard InChI is InChI=1S/C12H14ClN3O2S.ClH/c13-10-9-8(5-19-10)11(17)16(7-15-9)6-12(18)1-3-14-4-2-12;/h5,7,14,18H,1-4,6H2;1H. The van der Waals surface area contributed by atoms with Crippen molar-refractivity contribution >= 4 is 46.2 Å². The highest BCUT2D eigenvalue weighted by Gasteiger charge is 2.30. The molecule has 5 nitrogen and oxygen atoms in total. The molecule has 2 N–H and O–H groups in total. The summed E-state index contributed by atoms with van der Waals surface area (Å²) in [6.45, 7) is 1.82. The van der Waals surface area contributed by atoms with E-state index in [0.717, 1.165) is 13.1 Å². The van der Waals surface area contributed by atoms with E-state index in [0.29, 0.717) is 28.1 Å². The van der Waals surface area contributed by atoms with Crippen molar-refractivity contribution in [3.8, 4) is 0 Å². The van der Waals surface area contributed by atoms with Gasteiger partial charge in [0.1, 0.15) is 9.85 Å². The van der Waals surface area contributed by atoms with Crippen LogP contribution in [-0.2, 0) is 6.54 Å².